The number of methoxy groups -OCH3 is 2. The maximum absolute atomic E-state index is 13.2. The molecule has 2 heterocycles. The summed E-state index contributed by atoms with van der Waals surface area (Å²) in [5, 5.41) is 11.3. The second kappa shape index (κ2) is 9.40. The van der Waals surface area contributed by atoms with Gasteiger partial charge in [0.2, 0.25) is 0 Å². The van der Waals surface area contributed by atoms with Crippen molar-refractivity contribution >= 4 is 55.8 Å². The maximum Gasteiger partial charge on any atom is 0.350 e. The number of thiazole rings is 1. The minimum atomic E-state index is -0.972. The number of benzene rings is 2. The molecule has 1 atom stereocenters. The Morgan fingerprint density at radius 3 is 2.56 bits per heavy atom. The Bertz CT molecular complexity index is 1350. The molecule has 0 radical (unpaired) electrons. The van der Waals surface area contributed by atoms with E-state index in [9.17, 15) is 19.5 Å². The van der Waals surface area contributed by atoms with Crippen LogP contribution in [0.3, 0.4) is 0 Å². The first-order valence-corrected chi connectivity index (χ1v) is 11.6. The molecular weight excluding hydrogens is 524 g/mol. The van der Waals surface area contributed by atoms with Crippen molar-refractivity contribution in [3.8, 4) is 5.75 Å². The number of nitrogens with zero attached hydrogens (tertiary/aromatic N) is 2. The number of aliphatic hydroxyl groups is 1. The third kappa shape index (κ3) is 4.10. The van der Waals surface area contributed by atoms with Crippen LogP contribution in [0.15, 0.2) is 58.6 Å². The van der Waals surface area contributed by atoms with Crippen LogP contribution in [0.25, 0.3) is 5.76 Å². The number of carbonyl (C=O) groups is 3. The number of ether oxygens (including phenoxy) is 2. The van der Waals surface area contributed by atoms with Gasteiger partial charge in [-0.1, -0.05) is 51.5 Å². The third-order valence-electron chi connectivity index (χ3n) is 5.31. The molecule has 0 spiro atoms. The van der Waals surface area contributed by atoms with Gasteiger partial charge in [-0.05, 0) is 36.8 Å². The number of hydrogen-bond donors (Lipinski definition) is 1. The summed E-state index contributed by atoms with van der Waals surface area (Å²) in [4.78, 5) is 44.4. The van der Waals surface area contributed by atoms with E-state index in [1.54, 1.807) is 55.5 Å². The lowest BCUT2D eigenvalue weighted by Gasteiger charge is -2.23. The highest BCUT2D eigenvalue weighted by Gasteiger charge is 2.48. The van der Waals surface area contributed by atoms with E-state index in [0.717, 1.165) is 15.8 Å². The molecule has 8 nitrogen and oxygen atoms in total. The smallest absolute Gasteiger partial charge is 0.350 e. The molecule has 10 heteroatoms. The van der Waals surface area contributed by atoms with Gasteiger partial charge in [0, 0.05) is 10.0 Å². The van der Waals surface area contributed by atoms with Crippen LogP contribution >= 0.6 is 27.3 Å². The number of aryl methyl sites for hydroxylation is 1. The van der Waals surface area contributed by atoms with Gasteiger partial charge < -0.3 is 14.6 Å². The maximum atomic E-state index is 13.2. The van der Waals surface area contributed by atoms with Crippen molar-refractivity contribution in [3.05, 3.63) is 80.3 Å². The topological polar surface area (TPSA) is 106 Å². The summed E-state index contributed by atoms with van der Waals surface area (Å²) in [7, 11) is 2.74. The molecule has 34 heavy (non-hydrogen) atoms. The fraction of sp³-hybridized carbons (Fsp3) is 0.167. The number of hydrogen-bond acceptors (Lipinski definition) is 8. The molecule has 1 aromatic heterocycles. The van der Waals surface area contributed by atoms with E-state index in [0.29, 0.717) is 22.6 Å². The SMILES string of the molecule is COC(=O)c1sc(N2C(=O)C(=O)C(=C(O)c3cccc(OC)c3)C2c2cccc(Br)c2)nc1C. The summed E-state index contributed by atoms with van der Waals surface area (Å²) in [5.41, 5.74) is 1.17. The fourth-order valence-corrected chi connectivity index (χ4v) is 5.14. The Morgan fingerprint density at radius 1 is 1.15 bits per heavy atom. The van der Waals surface area contributed by atoms with Gasteiger partial charge >= 0.3 is 11.9 Å². The quantitative estimate of drug-likeness (QED) is 0.216. The zero-order valence-corrected chi connectivity index (χ0v) is 20.8. The third-order valence-corrected chi connectivity index (χ3v) is 6.94. The molecule has 1 N–H and O–H groups in total. The summed E-state index contributed by atoms with van der Waals surface area (Å²) in [6.07, 6.45) is 0. The van der Waals surface area contributed by atoms with E-state index in [2.05, 4.69) is 20.9 Å². The molecule has 1 unspecified atom stereocenters. The van der Waals surface area contributed by atoms with Crippen molar-refractivity contribution in [2.24, 2.45) is 0 Å². The lowest BCUT2D eigenvalue weighted by Crippen LogP contribution is -2.29. The van der Waals surface area contributed by atoms with E-state index in [4.69, 9.17) is 9.47 Å². The summed E-state index contributed by atoms with van der Waals surface area (Å²) in [5.74, 6) is -2.17. The number of anilines is 1. The first-order chi connectivity index (χ1) is 16.3. The molecule has 1 aliphatic rings. The molecule has 1 saturated heterocycles. The molecule has 1 aliphatic heterocycles. The molecule has 1 fully saturated rings. The van der Waals surface area contributed by atoms with Crippen LogP contribution in [0, 0.1) is 6.92 Å². The molecule has 174 valence electrons. The highest BCUT2D eigenvalue weighted by molar-refractivity contribution is 9.10. The van der Waals surface area contributed by atoms with Gasteiger partial charge in [0.25, 0.3) is 5.78 Å². The number of amides is 1. The minimum absolute atomic E-state index is 0.0937. The molecule has 0 bridgehead atoms. The summed E-state index contributed by atoms with van der Waals surface area (Å²) < 4.78 is 10.8. The Morgan fingerprint density at radius 2 is 1.88 bits per heavy atom. The van der Waals surface area contributed by atoms with Crippen molar-refractivity contribution in [2.75, 3.05) is 19.1 Å². The summed E-state index contributed by atoms with van der Waals surface area (Å²) >= 11 is 4.37. The van der Waals surface area contributed by atoms with E-state index >= 15 is 0 Å². The lowest BCUT2D eigenvalue weighted by atomic mass is 9.95. The lowest BCUT2D eigenvalue weighted by molar-refractivity contribution is -0.132. The monoisotopic (exact) mass is 542 g/mol. The number of aliphatic hydroxyl groups excluding tert-OH is 1. The highest BCUT2D eigenvalue weighted by Crippen LogP contribution is 2.44. The number of ketones is 1. The van der Waals surface area contributed by atoms with Crippen LogP contribution in [-0.4, -0.2) is 42.0 Å². The van der Waals surface area contributed by atoms with Crippen LogP contribution in [-0.2, 0) is 14.3 Å². The van der Waals surface area contributed by atoms with Gasteiger partial charge in [-0.2, -0.15) is 0 Å². The van der Waals surface area contributed by atoms with Crippen molar-refractivity contribution in [2.45, 2.75) is 13.0 Å². The van der Waals surface area contributed by atoms with Crippen LogP contribution in [0.4, 0.5) is 5.13 Å². The zero-order valence-electron chi connectivity index (χ0n) is 18.4. The average molecular weight is 543 g/mol. The standard InChI is InChI=1S/C24H19BrN2O6S/c1-12-21(23(31)33-3)34-24(26-12)27-18(13-6-4-8-15(25)10-13)17(20(29)22(27)30)19(28)14-7-5-9-16(11-14)32-2/h4-11,18,28H,1-3H3. The van der Waals surface area contributed by atoms with Gasteiger partial charge in [0.15, 0.2) is 5.13 Å². The zero-order chi connectivity index (χ0) is 24.6. The first-order valence-electron chi connectivity index (χ1n) is 10.0. The van der Waals surface area contributed by atoms with Gasteiger partial charge in [0.1, 0.15) is 16.4 Å². The Hall–Kier alpha value is -3.50. The number of rotatable bonds is 5. The number of esters is 1. The largest absolute Gasteiger partial charge is 0.507 e. The first kappa shape index (κ1) is 23.7. The van der Waals surface area contributed by atoms with E-state index in [-0.39, 0.29) is 21.3 Å². The number of Topliss-reactive ketones (excluding diaryl/α,β-unsaturated/α-hetero) is 1. The van der Waals surface area contributed by atoms with Gasteiger partial charge in [0.05, 0.1) is 31.5 Å². The van der Waals surface area contributed by atoms with Crippen molar-refractivity contribution in [1.29, 1.82) is 0 Å². The molecular formula is C24H19BrN2O6S. The van der Waals surface area contributed by atoms with E-state index in [1.807, 2.05) is 0 Å². The fourth-order valence-electron chi connectivity index (χ4n) is 3.72. The molecule has 1 amide bonds. The second-order valence-corrected chi connectivity index (χ2v) is 9.25. The molecule has 2 aromatic carbocycles. The Kier molecular flexibility index (Phi) is 6.54. The predicted octanol–water partition coefficient (Wildman–Crippen LogP) is 4.64. The van der Waals surface area contributed by atoms with E-state index < -0.39 is 23.7 Å². The molecule has 0 saturated carbocycles. The highest BCUT2D eigenvalue weighted by atomic mass is 79.9. The number of aromatic nitrogens is 1. The van der Waals surface area contributed by atoms with Crippen LogP contribution in [0.5, 0.6) is 5.75 Å². The van der Waals surface area contributed by atoms with Crippen molar-refractivity contribution in [3.63, 3.8) is 0 Å². The van der Waals surface area contributed by atoms with Gasteiger partial charge in [-0.3, -0.25) is 14.5 Å². The minimum Gasteiger partial charge on any atom is -0.507 e. The Labute approximate surface area is 207 Å². The van der Waals surface area contributed by atoms with Gasteiger partial charge in [-0.25, -0.2) is 9.78 Å². The van der Waals surface area contributed by atoms with Gasteiger partial charge in [-0.15, -0.1) is 0 Å². The van der Waals surface area contributed by atoms with E-state index in [1.165, 1.54) is 19.1 Å². The van der Waals surface area contributed by atoms with Crippen LogP contribution in [0.2, 0.25) is 0 Å². The average Bonchev–Trinajstić information content (AvgIpc) is 3.35. The summed E-state index contributed by atoms with van der Waals surface area (Å²) in [6, 6.07) is 12.7. The Balaban J connectivity index is 1.95. The van der Waals surface area contributed by atoms with Crippen molar-refractivity contribution in [1.82, 2.24) is 4.98 Å². The van der Waals surface area contributed by atoms with Crippen molar-refractivity contribution < 1.29 is 29.0 Å². The molecule has 0 aliphatic carbocycles. The van der Waals surface area contributed by atoms with Crippen LogP contribution in [0.1, 0.15) is 32.5 Å². The molecule has 4 rings (SSSR count). The number of halogens is 1. The number of carbonyl (C=O) groups excluding carboxylic acids is 3. The predicted molar refractivity (Wildman–Crippen MR) is 130 cm³/mol. The summed E-state index contributed by atoms with van der Waals surface area (Å²) in [6.45, 7) is 1.62. The molecule has 3 aromatic rings. The van der Waals surface area contributed by atoms with Crippen LogP contribution < -0.4 is 9.64 Å². The normalized spacial score (nSPS) is 17.2. The second-order valence-electron chi connectivity index (χ2n) is 7.36.